The van der Waals surface area contributed by atoms with Gasteiger partial charge in [0.2, 0.25) is 0 Å². The Balaban J connectivity index is 2.36. The lowest BCUT2D eigenvalue weighted by atomic mass is 10.3. The molecule has 2 aromatic rings. The Bertz CT molecular complexity index is 473. The molecule has 0 atom stereocenters. The molecule has 2 aromatic heterocycles. The van der Waals surface area contributed by atoms with E-state index in [1.165, 1.54) is 6.26 Å². The normalized spacial score (nSPS) is 10.7. The van der Waals surface area contributed by atoms with Gasteiger partial charge in [0.15, 0.2) is 10.6 Å². The lowest BCUT2D eigenvalue weighted by Crippen LogP contribution is -2.05. The lowest BCUT2D eigenvalue weighted by Gasteiger charge is -2.03. The van der Waals surface area contributed by atoms with E-state index in [9.17, 15) is 0 Å². The quantitative estimate of drug-likeness (QED) is 0.794. The first-order valence-corrected chi connectivity index (χ1v) is 4.77. The standard InChI is InChI=1S/C8H10N4O2S/c1-13-3-2-12-7(10-11-8(12)15)6-4-9-14-5-6/h4-5H,2-3H2,1H3,(H,11,15). The highest BCUT2D eigenvalue weighted by Crippen LogP contribution is 2.15. The van der Waals surface area contributed by atoms with Gasteiger partial charge in [-0.2, -0.15) is 5.10 Å². The van der Waals surface area contributed by atoms with Crippen LogP contribution < -0.4 is 0 Å². The van der Waals surface area contributed by atoms with Gasteiger partial charge in [0.05, 0.1) is 24.9 Å². The highest BCUT2D eigenvalue weighted by Gasteiger charge is 2.09. The van der Waals surface area contributed by atoms with E-state index < -0.39 is 0 Å². The second kappa shape index (κ2) is 4.37. The van der Waals surface area contributed by atoms with Gasteiger partial charge < -0.3 is 9.26 Å². The van der Waals surface area contributed by atoms with Crippen molar-refractivity contribution in [3.63, 3.8) is 0 Å². The van der Waals surface area contributed by atoms with Crippen molar-refractivity contribution in [2.75, 3.05) is 13.7 Å². The van der Waals surface area contributed by atoms with E-state index in [0.29, 0.717) is 23.7 Å². The van der Waals surface area contributed by atoms with Crippen molar-refractivity contribution in [3.8, 4) is 11.4 Å². The molecule has 7 heteroatoms. The first-order valence-electron chi connectivity index (χ1n) is 4.37. The van der Waals surface area contributed by atoms with E-state index in [4.69, 9.17) is 21.5 Å². The Morgan fingerprint density at radius 1 is 1.67 bits per heavy atom. The Kier molecular flexibility index (Phi) is 2.93. The summed E-state index contributed by atoms with van der Waals surface area (Å²) in [5.41, 5.74) is 0.790. The Morgan fingerprint density at radius 3 is 3.20 bits per heavy atom. The van der Waals surface area contributed by atoms with Crippen molar-refractivity contribution in [2.45, 2.75) is 6.54 Å². The number of hydrogen-bond acceptors (Lipinski definition) is 5. The van der Waals surface area contributed by atoms with E-state index in [1.807, 2.05) is 4.57 Å². The molecule has 0 aliphatic heterocycles. The minimum absolute atomic E-state index is 0.559. The second-order valence-electron chi connectivity index (χ2n) is 2.91. The molecule has 2 rings (SSSR count). The van der Waals surface area contributed by atoms with Crippen molar-refractivity contribution in [2.24, 2.45) is 0 Å². The number of ether oxygens (including phenoxy) is 1. The van der Waals surface area contributed by atoms with Crippen LogP contribution in [0, 0.1) is 4.77 Å². The summed E-state index contributed by atoms with van der Waals surface area (Å²) in [7, 11) is 1.64. The first kappa shape index (κ1) is 10.1. The number of aromatic nitrogens is 4. The zero-order valence-corrected chi connectivity index (χ0v) is 8.95. The van der Waals surface area contributed by atoms with Crippen molar-refractivity contribution in [3.05, 3.63) is 17.2 Å². The van der Waals surface area contributed by atoms with Gasteiger partial charge in [-0.05, 0) is 12.2 Å². The van der Waals surface area contributed by atoms with Crippen molar-refractivity contribution in [1.82, 2.24) is 19.9 Å². The van der Waals surface area contributed by atoms with Crippen LogP contribution in [-0.2, 0) is 11.3 Å². The van der Waals surface area contributed by atoms with E-state index in [2.05, 4.69) is 15.4 Å². The summed E-state index contributed by atoms with van der Waals surface area (Å²) >= 11 is 5.10. The fourth-order valence-corrected chi connectivity index (χ4v) is 1.47. The summed E-state index contributed by atoms with van der Waals surface area (Å²) in [6.45, 7) is 1.22. The molecule has 15 heavy (non-hydrogen) atoms. The third-order valence-corrected chi connectivity index (χ3v) is 2.28. The molecule has 0 saturated heterocycles. The van der Waals surface area contributed by atoms with Gasteiger partial charge in [0, 0.05) is 7.11 Å². The molecule has 0 saturated carbocycles. The molecule has 0 unspecified atom stereocenters. The van der Waals surface area contributed by atoms with E-state index in [-0.39, 0.29) is 0 Å². The van der Waals surface area contributed by atoms with Crippen LogP contribution in [0.2, 0.25) is 0 Å². The van der Waals surface area contributed by atoms with E-state index in [1.54, 1.807) is 13.3 Å². The minimum atomic E-state index is 0.559. The SMILES string of the molecule is COCCn1c(-c2cnoc2)n[nH]c1=S. The molecule has 0 fully saturated rings. The first-order chi connectivity index (χ1) is 7.33. The molecule has 1 N–H and O–H groups in total. The molecule has 0 spiro atoms. The largest absolute Gasteiger partial charge is 0.383 e. The summed E-state index contributed by atoms with van der Waals surface area (Å²) in [6.07, 6.45) is 3.11. The van der Waals surface area contributed by atoms with Gasteiger partial charge >= 0.3 is 0 Å². The highest BCUT2D eigenvalue weighted by atomic mass is 32.1. The summed E-state index contributed by atoms with van der Waals surface area (Å²) in [5, 5.41) is 10.4. The zero-order chi connectivity index (χ0) is 10.7. The molecule has 2 heterocycles. The Hall–Kier alpha value is -1.47. The Labute approximate surface area is 90.8 Å². The maximum Gasteiger partial charge on any atom is 0.195 e. The molecule has 0 aliphatic carbocycles. The number of aromatic amines is 1. The van der Waals surface area contributed by atoms with Gasteiger partial charge in [-0.25, -0.2) is 0 Å². The predicted molar refractivity (Wildman–Crippen MR) is 54.8 cm³/mol. The molecule has 0 bridgehead atoms. The van der Waals surface area contributed by atoms with Gasteiger partial charge in [-0.3, -0.25) is 9.67 Å². The maximum absolute atomic E-state index is 5.10. The monoisotopic (exact) mass is 226 g/mol. The third kappa shape index (κ3) is 1.97. The number of nitrogens with zero attached hydrogens (tertiary/aromatic N) is 3. The fraction of sp³-hybridized carbons (Fsp3) is 0.375. The van der Waals surface area contributed by atoms with Gasteiger partial charge in [-0.15, -0.1) is 0 Å². The van der Waals surface area contributed by atoms with Crippen molar-refractivity contribution in [1.29, 1.82) is 0 Å². The van der Waals surface area contributed by atoms with Crippen molar-refractivity contribution >= 4 is 12.2 Å². The molecule has 0 aliphatic rings. The lowest BCUT2D eigenvalue weighted by molar-refractivity contribution is 0.187. The number of H-pyrrole nitrogens is 1. The summed E-state index contributed by atoms with van der Waals surface area (Å²) in [6, 6.07) is 0. The number of hydrogen-bond donors (Lipinski definition) is 1. The molecule has 0 radical (unpaired) electrons. The van der Waals surface area contributed by atoms with Crippen LogP contribution in [0.25, 0.3) is 11.4 Å². The van der Waals surface area contributed by atoms with Crippen LogP contribution in [0.1, 0.15) is 0 Å². The van der Waals surface area contributed by atoms with Crippen LogP contribution in [-0.4, -0.2) is 33.6 Å². The molecule has 80 valence electrons. The average Bonchev–Trinajstić information content (AvgIpc) is 2.84. The number of methoxy groups -OCH3 is 1. The van der Waals surface area contributed by atoms with Crippen molar-refractivity contribution < 1.29 is 9.26 Å². The van der Waals surface area contributed by atoms with Crippen LogP contribution in [0.3, 0.4) is 0 Å². The molecule has 0 amide bonds. The average molecular weight is 226 g/mol. The molecule has 6 nitrogen and oxygen atoms in total. The van der Waals surface area contributed by atoms with E-state index >= 15 is 0 Å². The summed E-state index contributed by atoms with van der Waals surface area (Å²) in [4.78, 5) is 0. The fourth-order valence-electron chi connectivity index (χ4n) is 1.24. The van der Waals surface area contributed by atoms with E-state index in [0.717, 1.165) is 5.56 Å². The minimum Gasteiger partial charge on any atom is -0.383 e. The zero-order valence-electron chi connectivity index (χ0n) is 8.14. The van der Waals surface area contributed by atoms with Gasteiger partial charge in [-0.1, -0.05) is 5.16 Å². The van der Waals surface area contributed by atoms with Gasteiger partial charge in [0.1, 0.15) is 6.26 Å². The van der Waals surface area contributed by atoms with Crippen LogP contribution in [0.15, 0.2) is 17.0 Å². The molecule has 0 aromatic carbocycles. The second-order valence-corrected chi connectivity index (χ2v) is 3.30. The summed E-state index contributed by atoms with van der Waals surface area (Å²) < 4.78 is 12.1. The molecular formula is C8H10N4O2S. The van der Waals surface area contributed by atoms with Crippen LogP contribution in [0.5, 0.6) is 0 Å². The smallest absolute Gasteiger partial charge is 0.195 e. The molecular weight excluding hydrogens is 216 g/mol. The highest BCUT2D eigenvalue weighted by molar-refractivity contribution is 7.71. The van der Waals surface area contributed by atoms with Crippen LogP contribution >= 0.6 is 12.2 Å². The van der Waals surface area contributed by atoms with Crippen LogP contribution in [0.4, 0.5) is 0 Å². The summed E-state index contributed by atoms with van der Waals surface area (Å²) in [5.74, 6) is 0.707. The topological polar surface area (TPSA) is 68.9 Å². The number of rotatable bonds is 4. The Morgan fingerprint density at radius 2 is 2.53 bits per heavy atom. The third-order valence-electron chi connectivity index (χ3n) is 1.97. The predicted octanol–water partition coefficient (Wildman–Crippen LogP) is 1.24. The van der Waals surface area contributed by atoms with Gasteiger partial charge in [0.25, 0.3) is 0 Å². The number of nitrogens with one attached hydrogen (secondary N) is 1. The maximum atomic E-state index is 5.10.